The second kappa shape index (κ2) is 9.28. The maximum Gasteiger partial charge on any atom is 0.225 e. The van der Waals surface area contributed by atoms with Crippen molar-refractivity contribution < 1.29 is 9.53 Å². The molecule has 1 aromatic rings. The van der Waals surface area contributed by atoms with Gasteiger partial charge >= 0.3 is 0 Å². The van der Waals surface area contributed by atoms with Crippen LogP contribution in [0.25, 0.3) is 0 Å². The summed E-state index contributed by atoms with van der Waals surface area (Å²) in [5.41, 5.74) is 6.35. The zero-order valence-electron chi connectivity index (χ0n) is 12.7. The van der Waals surface area contributed by atoms with Gasteiger partial charge in [-0.2, -0.15) is 0 Å². The van der Waals surface area contributed by atoms with Crippen molar-refractivity contribution in [1.29, 1.82) is 0 Å². The minimum absolute atomic E-state index is 0. The van der Waals surface area contributed by atoms with Crippen molar-refractivity contribution >= 4 is 34.2 Å². The second-order valence-electron chi connectivity index (χ2n) is 4.87. The molecule has 0 fully saturated rings. The molecule has 0 aromatic heterocycles. The highest BCUT2D eigenvalue weighted by Crippen LogP contribution is 2.24. The van der Waals surface area contributed by atoms with Gasteiger partial charge in [0.25, 0.3) is 0 Å². The summed E-state index contributed by atoms with van der Waals surface area (Å²) in [6.07, 6.45) is 1.92. The van der Waals surface area contributed by atoms with Crippen molar-refractivity contribution in [2.75, 3.05) is 13.7 Å². The zero-order chi connectivity index (χ0) is 15.2. The fourth-order valence-electron chi connectivity index (χ4n) is 2.16. The lowest BCUT2D eigenvalue weighted by atomic mass is 9.92. The Hall–Kier alpha value is -0.780. The average molecular weight is 380 g/mol. The van der Waals surface area contributed by atoms with Crippen LogP contribution in [0.2, 0.25) is 0 Å². The minimum Gasteiger partial charge on any atom is -0.496 e. The van der Waals surface area contributed by atoms with Gasteiger partial charge in [-0.25, -0.2) is 0 Å². The lowest BCUT2D eigenvalue weighted by molar-refractivity contribution is -0.122. The van der Waals surface area contributed by atoms with Crippen LogP contribution < -0.4 is 15.8 Å². The van der Waals surface area contributed by atoms with Gasteiger partial charge in [0.05, 0.1) is 19.1 Å². The van der Waals surface area contributed by atoms with Gasteiger partial charge in [0, 0.05) is 16.6 Å². The molecule has 0 atom stereocenters. The van der Waals surface area contributed by atoms with Gasteiger partial charge in [0.2, 0.25) is 5.91 Å². The highest BCUT2D eigenvalue weighted by atomic mass is 79.9. The Kier molecular flexibility index (Phi) is 8.94. The second-order valence-corrected chi connectivity index (χ2v) is 5.79. The average Bonchev–Trinajstić information content (AvgIpc) is 2.45. The number of halogens is 2. The monoisotopic (exact) mass is 378 g/mol. The molecule has 0 heterocycles. The van der Waals surface area contributed by atoms with Crippen LogP contribution in [-0.2, 0) is 11.2 Å². The van der Waals surface area contributed by atoms with Crippen molar-refractivity contribution in [2.45, 2.75) is 38.6 Å². The maximum absolute atomic E-state index is 12.2. The van der Waals surface area contributed by atoms with Crippen molar-refractivity contribution in [3.63, 3.8) is 0 Å². The van der Waals surface area contributed by atoms with Gasteiger partial charge in [0.15, 0.2) is 0 Å². The summed E-state index contributed by atoms with van der Waals surface area (Å²) in [6.45, 7) is 4.52. The molecule has 0 aliphatic carbocycles. The number of methoxy groups -OCH3 is 1. The Morgan fingerprint density at radius 1 is 1.38 bits per heavy atom. The fraction of sp³-hybridized carbons (Fsp3) is 0.533. The Balaban J connectivity index is 0.00000400. The molecule has 0 aliphatic heterocycles. The van der Waals surface area contributed by atoms with Crippen LogP contribution in [0.4, 0.5) is 0 Å². The number of carbonyl (C=O) groups is 1. The predicted molar refractivity (Wildman–Crippen MR) is 92.2 cm³/mol. The first-order valence-corrected chi connectivity index (χ1v) is 7.63. The molecule has 0 bridgehead atoms. The Morgan fingerprint density at radius 3 is 2.48 bits per heavy atom. The molecule has 0 saturated heterocycles. The topological polar surface area (TPSA) is 64.3 Å². The van der Waals surface area contributed by atoms with E-state index in [0.29, 0.717) is 6.54 Å². The molecule has 4 nitrogen and oxygen atoms in total. The number of nitrogens with one attached hydrogen (secondary N) is 1. The van der Waals surface area contributed by atoms with Crippen molar-refractivity contribution in [3.8, 4) is 5.75 Å². The van der Waals surface area contributed by atoms with Crippen LogP contribution in [0.1, 0.15) is 32.3 Å². The molecular weight excluding hydrogens is 356 g/mol. The molecule has 0 spiro atoms. The first kappa shape index (κ1) is 20.2. The number of rotatable bonds is 7. The zero-order valence-corrected chi connectivity index (χ0v) is 15.1. The molecule has 1 aromatic carbocycles. The molecule has 0 radical (unpaired) electrons. The lowest BCUT2D eigenvalue weighted by Crippen LogP contribution is -2.53. The van der Waals surface area contributed by atoms with E-state index in [-0.39, 0.29) is 30.3 Å². The molecule has 0 unspecified atom stereocenters. The first-order chi connectivity index (χ1) is 9.50. The minimum atomic E-state index is -0.309. The van der Waals surface area contributed by atoms with Crippen LogP contribution in [0.15, 0.2) is 22.7 Å². The molecule has 6 heteroatoms. The third kappa shape index (κ3) is 5.49. The first-order valence-electron chi connectivity index (χ1n) is 6.83. The van der Waals surface area contributed by atoms with E-state index in [0.717, 1.165) is 28.6 Å². The Bertz CT molecular complexity index is 457. The Morgan fingerprint density at radius 2 is 2.00 bits per heavy atom. The van der Waals surface area contributed by atoms with Gasteiger partial charge in [-0.05, 0) is 31.0 Å². The van der Waals surface area contributed by atoms with Gasteiger partial charge in [-0.3, -0.25) is 4.79 Å². The van der Waals surface area contributed by atoms with E-state index in [1.54, 1.807) is 7.11 Å². The van der Waals surface area contributed by atoms with Crippen LogP contribution in [0, 0.1) is 0 Å². The molecule has 0 aliphatic rings. The molecular formula is C15H24BrClN2O2. The summed E-state index contributed by atoms with van der Waals surface area (Å²) in [7, 11) is 1.60. The third-order valence-corrected chi connectivity index (χ3v) is 4.24. The SMILES string of the molecule is CCC(CC)(CN)NC(=O)Cc1cc(Br)ccc1OC.Cl. The maximum atomic E-state index is 12.2. The van der Waals surface area contributed by atoms with Gasteiger partial charge in [-0.1, -0.05) is 29.8 Å². The molecule has 21 heavy (non-hydrogen) atoms. The summed E-state index contributed by atoms with van der Waals surface area (Å²) in [5.74, 6) is 0.685. The highest BCUT2D eigenvalue weighted by molar-refractivity contribution is 9.10. The molecule has 1 amide bonds. The molecule has 3 N–H and O–H groups in total. The summed E-state index contributed by atoms with van der Waals surface area (Å²) in [5, 5.41) is 3.06. The predicted octanol–water partition coefficient (Wildman–Crippen LogP) is 3.06. The quantitative estimate of drug-likeness (QED) is 0.765. The summed E-state index contributed by atoms with van der Waals surface area (Å²) >= 11 is 3.41. The van der Waals surface area contributed by atoms with Crippen molar-refractivity contribution in [2.24, 2.45) is 5.73 Å². The van der Waals surface area contributed by atoms with E-state index < -0.39 is 0 Å². The summed E-state index contributed by atoms with van der Waals surface area (Å²) < 4.78 is 6.21. The summed E-state index contributed by atoms with van der Waals surface area (Å²) in [4.78, 5) is 12.2. The van der Waals surface area contributed by atoms with E-state index >= 15 is 0 Å². The van der Waals surface area contributed by atoms with E-state index in [9.17, 15) is 4.79 Å². The van der Waals surface area contributed by atoms with Gasteiger partial charge in [-0.15, -0.1) is 12.4 Å². The smallest absolute Gasteiger partial charge is 0.225 e. The van der Waals surface area contributed by atoms with E-state index in [2.05, 4.69) is 21.2 Å². The standard InChI is InChI=1S/C15H23BrN2O2.ClH/c1-4-15(5-2,10-17)18-14(19)9-11-8-12(16)6-7-13(11)20-3;/h6-8H,4-5,9-10,17H2,1-3H3,(H,18,19);1H. The van der Waals surface area contributed by atoms with Gasteiger partial charge < -0.3 is 15.8 Å². The Labute approximate surface area is 141 Å². The lowest BCUT2D eigenvalue weighted by Gasteiger charge is -2.31. The highest BCUT2D eigenvalue weighted by Gasteiger charge is 2.26. The van der Waals surface area contributed by atoms with Crippen LogP contribution in [0.5, 0.6) is 5.75 Å². The van der Waals surface area contributed by atoms with E-state index in [4.69, 9.17) is 10.5 Å². The van der Waals surface area contributed by atoms with E-state index in [1.165, 1.54) is 0 Å². The third-order valence-electron chi connectivity index (χ3n) is 3.74. The molecule has 1 rings (SSSR count). The van der Waals surface area contributed by atoms with Crippen LogP contribution in [0.3, 0.4) is 0 Å². The van der Waals surface area contributed by atoms with Crippen LogP contribution in [-0.4, -0.2) is 25.1 Å². The fourth-order valence-corrected chi connectivity index (χ4v) is 2.57. The number of benzene rings is 1. The normalized spacial score (nSPS) is 10.7. The number of amides is 1. The number of hydrogen-bond donors (Lipinski definition) is 2. The number of hydrogen-bond acceptors (Lipinski definition) is 3. The number of carbonyl (C=O) groups excluding carboxylic acids is 1. The van der Waals surface area contributed by atoms with Crippen molar-refractivity contribution in [1.82, 2.24) is 5.32 Å². The van der Waals surface area contributed by atoms with Gasteiger partial charge in [0.1, 0.15) is 5.75 Å². The number of nitrogens with two attached hydrogens (primary N) is 1. The molecule has 0 saturated carbocycles. The van der Waals surface area contributed by atoms with Crippen LogP contribution >= 0.6 is 28.3 Å². The molecule has 120 valence electrons. The number of ether oxygens (including phenoxy) is 1. The largest absolute Gasteiger partial charge is 0.496 e. The summed E-state index contributed by atoms with van der Waals surface area (Å²) in [6, 6.07) is 5.64. The van der Waals surface area contributed by atoms with E-state index in [1.807, 2.05) is 32.0 Å². The van der Waals surface area contributed by atoms with Crippen molar-refractivity contribution in [3.05, 3.63) is 28.2 Å².